The Labute approximate surface area is 179 Å². The van der Waals surface area contributed by atoms with E-state index < -0.39 is 29.9 Å². The van der Waals surface area contributed by atoms with Gasteiger partial charge in [-0.3, -0.25) is 4.79 Å². The molecule has 0 radical (unpaired) electrons. The molecule has 0 saturated carbocycles. The summed E-state index contributed by atoms with van der Waals surface area (Å²) >= 11 is 0. The van der Waals surface area contributed by atoms with E-state index in [-0.39, 0.29) is 17.3 Å². The first-order chi connectivity index (χ1) is 15.2. The van der Waals surface area contributed by atoms with Gasteiger partial charge in [0.1, 0.15) is 17.2 Å². The van der Waals surface area contributed by atoms with E-state index in [1.807, 2.05) is 0 Å². The second kappa shape index (κ2) is 8.22. The van der Waals surface area contributed by atoms with Crippen molar-refractivity contribution in [2.75, 3.05) is 11.9 Å². The number of rotatable bonds is 5. The molecule has 1 N–H and O–H groups in total. The number of aromatic nitrogens is 2. The van der Waals surface area contributed by atoms with Crippen LogP contribution in [0.5, 0.6) is 5.75 Å². The molecule has 0 saturated heterocycles. The van der Waals surface area contributed by atoms with E-state index in [1.165, 1.54) is 36.4 Å². The lowest BCUT2D eigenvalue weighted by atomic mass is 10.1. The lowest BCUT2D eigenvalue weighted by molar-refractivity contribution is -0.137. The van der Waals surface area contributed by atoms with E-state index >= 15 is 0 Å². The van der Waals surface area contributed by atoms with Crippen molar-refractivity contribution in [3.63, 3.8) is 0 Å². The quantitative estimate of drug-likeness (QED) is 0.464. The van der Waals surface area contributed by atoms with Crippen LogP contribution in [-0.2, 0) is 11.0 Å². The van der Waals surface area contributed by atoms with Crippen molar-refractivity contribution in [2.24, 2.45) is 0 Å². The predicted molar refractivity (Wildman–Crippen MR) is 110 cm³/mol. The summed E-state index contributed by atoms with van der Waals surface area (Å²) in [5.41, 5.74) is -0.896. The van der Waals surface area contributed by atoms with Gasteiger partial charge < -0.3 is 14.5 Å². The minimum Gasteiger partial charge on any atom is -0.484 e. The number of nitrogens with zero attached hydrogens (tertiary/aromatic N) is 2. The Hall–Kier alpha value is -4.08. The Morgan fingerprint density at radius 2 is 1.88 bits per heavy atom. The van der Waals surface area contributed by atoms with Gasteiger partial charge in [0.15, 0.2) is 6.61 Å². The molecule has 0 fully saturated rings. The fourth-order valence-corrected chi connectivity index (χ4v) is 3.13. The van der Waals surface area contributed by atoms with E-state index in [2.05, 4.69) is 10.4 Å². The zero-order valence-corrected chi connectivity index (χ0v) is 16.6. The SMILES string of the molecule is Cc1cc(NC(=O)COc2ccc3ccc(=O)oc3c2)n(-c2ccccc2C(F)(F)F)n1. The van der Waals surface area contributed by atoms with Gasteiger partial charge in [-0.05, 0) is 37.3 Å². The second-order valence-corrected chi connectivity index (χ2v) is 6.89. The van der Waals surface area contributed by atoms with E-state index in [0.717, 1.165) is 10.7 Å². The number of alkyl halides is 3. The minimum atomic E-state index is -4.59. The molecule has 4 rings (SSSR count). The van der Waals surface area contributed by atoms with Gasteiger partial charge in [-0.25, -0.2) is 9.48 Å². The van der Waals surface area contributed by atoms with Gasteiger partial charge in [0.2, 0.25) is 0 Å². The number of hydrogen-bond donors (Lipinski definition) is 1. The minimum absolute atomic E-state index is 0.0670. The molecule has 4 aromatic rings. The Balaban J connectivity index is 1.52. The molecule has 1 amide bonds. The highest BCUT2D eigenvalue weighted by atomic mass is 19.4. The number of hydrogen-bond acceptors (Lipinski definition) is 5. The van der Waals surface area contributed by atoms with Crippen LogP contribution in [0.4, 0.5) is 19.0 Å². The molecule has 32 heavy (non-hydrogen) atoms. The van der Waals surface area contributed by atoms with E-state index in [1.54, 1.807) is 25.1 Å². The highest BCUT2D eigenvalue weighted by molar-refractivity contribution is 5.91. The average molecular weight is 443 g/mol. The van der Waals surface area contributed by atoms with Crippen molar-refractivity contribution in [3.8, 4) is 11.4 Å². The first-order valence-electron chi connectivity index (χ1n) is 9.40. The molecule has 0 aliphatic heterocycles. The van der Waals surface area contributed by atoms with Crippen LogP contribution in [0.1, 0.15) is 11.3 Å². The topological polar surface area (TPSA) is 86.4 Å². The summed E-state index contributed by atoms with van der Waals surface area (Å²) in [6.45, 7) is 1.18. The van der Waals surface area contributed by atoms with E-state index in [4.69, 9.17) is 9.15 Å². The zero-order valence-electron chi connectivity index (χ0n) is 16.6. The average Bonchev–Trinajstić information content (AvgIpc) is 3.11. The summed E-state index contributed by atoms with van der Waals surface area (Å²) in [7, 11) is 0. The Kier molecular flexibility index (Phi) is 5.43. The fraction of sp³-hybridized carbons (Fsp3) is 0.136. The van der Waals surface area contributed by atoms with Crippen LogP contribution in [0, 0.1) is 6.92 Å². The number of fused-ring (bicyclic) bond motifs is 1. The molecule has 7 nitrogen and oxygen atoms in total. The first-order valence-corrected chi connectivity index (χ1v) is 9.40. The number of ether oxygens (including phenoxy) is 1. The zero-order chi connectivity index (χ0) is 22.9. The number of aryl methyl sites for hydroxylation is 1. The maximum atomic E-state index is 13.4. The van der Waals surface area contributed by atoms with Crippen LogP contribution in [0.2, 0.25) is 0 Å². The van der Waals surface area contributed by atoms with Gasteiger partial charge in [0.25, 0.3) is 5.91 Å². The third-order valence-corrected chi connectivity index (χ3v) is 4.50. The molecule has 2 heterocycles. The van der Waals surface area contributed by atoms with Crippen molar-refractivity contribution in [1.82, 2.24) is 9.78 Å². The number of para-hydroxylation sites is 1. The lowest BCUT2D eigenvalue weighted by Gasteiger charge is -2.15. The van der Waals surface area contributed by atoms with Gasteiger partial charge >= 0.3 is 11.8 Å². The maximum absolute atomic E-state index is 13.4. The fourth-order valence-electron chi connectivity index (χ4n) is 3.13. The van der Waals surface area contributed by atoms with Gasteiger partial charge in [-0.1, -0.05) is 12.1 Å². The predicted octanol–water partition coefficient (Wildman–Crippen LogP) is 4.32. The molecule has 2 aromatic heterocycles. The number of benzene rings is 2. The summed E-state index contributed by atoms with van der Waals surface area (Å²) in [5.74, 6) is -0.253. The van der Waals surface area contributed by atoms with Crippen molar-refractivity contribution < 1.29 is 27.1 Å². The van der Waals surface area contributed by atoms with Crippen LogP contribution in [0.3, 0.4) is 0 Å². The monoisotopic (exact) mass is 443 g/mol. The number of anilines is 1. The molecule has 0 bridgehead atoms. The molecular weight excluding hydrogens is 427 g/mol. The normalized spacial score (nSPS) is 11.5. The second-order valence-electron chi connectivity index (χ2n) is 6.89. The van der Waals surface area contributed by atoms with E-state index in [0.29, 0.717) is 16.7 Å². The number of halogens is 3. The van der Waals surface area contributed by atoms with Gasteiger partial charge in [-0.15, -0.1) is 0 Å². The van der Waals surface area contributed by atoms with Gasteiger partial charge in [-0.2, -0.15) is 18.3 Å². The summed E-state index contributed by atoms with van der Waals surface area (Å²) in [5, 5.41) is 7.29. The van der Waals surface area contributed by atoms with Crippen LogP contribution < -0.4 is 15.7 Å². The van der Waals surface area contributed by atoms with Crippen LogP contribution in [0.25, 0.3) is 16.7 Å². The summed E-state index contributed by atoms with van der Waals surface area (Å²) in [4.78, 5) is 23.8. The number of carbonyl (C=O) groups is 1. The Morgan fingerprint density at radius 1 is 1.12 bits per heavy atom. The molecule has 164 valence electrons. The molecule has 2 aromatic carbocycles. The molecule has 0 unspecified atom stereocenters. The summed E-state index contributed by atoms with van der Waals surface area (Å²) in [6, 6.07) is 14.0. The highest BCUT2D eigenvalue weighted by Crippen LogP contribution is 2.34. The lowest BCUT2D eigenvalue weighted by Crippen LogP contribution is -2.22. The van der Waals surface area contributed by atoms with Gasteiger partial charge in [0.05, 0.1) is 16.9 Å². The molecule has 0 atom stereocenters. The molecule has 0 aliphatic carbocycles. The van der Waals surface area contributed by atoms with Crippen LogP contribution >= 0.6 is 0 Å². The van der Waals surface area contributed by atoms with Crippen molar-refractivity contribution in [1.29, 1.82) is 0 Å². The van der Waals surface area contributed by atoms with Crippen LogP contribution in [0.15, 0.2) is 69.9 Å². The van der Waals surface area contributed by atoms with Gasteiger partial charge in [0, 0.05) is 23.6 Å². The van der Waals surface area contributed by atoms with Crippen molar-refractivity contribution in [2.45, 2.75) is 13.1 Å². The Bertz CT molecular complexity index is 1360. The Morgan fingerprint density at radius 3 is 2.66 bits per heavy atom. The first kappa shape index (κ1) is 21.2. The number of carbonyl (C=O) groups excluding carboxylic acids is 1. The summed E-state index contributed by atoms with van der Waals surface area (Å²) in [6.07, 6.45) is -4.59. The number of nitrogens with one attached hydrogen (secondary N) is 1. The van der Waals surface area contributed by atoms with Crippen molar-refractivity contribution in [3.05, 3.63) is 82.3 Å². The summed E-state index contributed by atoms with van der Waals surface area (Å²) < 4.78 is 51.7. The molecule has 0 aliphatic rings. The smallest absolute Gasteiger partial charge is 0.418 e. The van der Waals surface area contributed by atoms with E-state index in [9.17, 15) is 22.8 Å². The molecule has 0 spiro atoms. The standard InChI is InChI=1S/C22H16F3N3O4/c1-13-10-19(28(27-13)17-5-3-2-4-16(17)22(23,24)25)26-20(29)12-31-15-8-6-14-7-9-21(30)32-18(14)11-15/h2-11H,12H2,1H3,(H,26,29). The largest absolute Gasteiger partial charge is 0.484 e. The highest BCUT2D eigenvalue weighted by Gasteiger charge is 2.34. The third-order valence-electron chi connectivity index (χ3n) is 4.50. The molecule has 10 heteroatoms. The van der Waals surface area contributed by atoms with Crippen LogP contribution in [-0.4, -0.2) is 22.3 Å². The maximum Gasteiger partial charge on any atom is 0.418 e. The third kappa shape index (κ3) is 4.48. The van der Waals surface area contributed by atoms with Crippen molar-refractivity contribution >= 4 is 22.7 Å². The number of amides is 1. The molecular formula is C22H16F3N3O4.